The molecular formula is C13H24O11. The molecule has 0 aliphatic carbocycles. The Hall–Kier alpha value is -0.730. The van der Waals surface area contributed by atoms with Crippen molar-refractivity contribution in [2.75, 3.05) is 20.3 Å². The average Bonchev–Trinajstić information content (AvgIpc) is 2.60. The van der Waals surface area contributed by atoms with Crippen LogP contribution in [0.25, 0.3) is 0 Å². The summed E-state index contributed by atoms with van der Waals surface area (Å²) in [6, 6.07) is 0. The highest BCUT2D eigenvalue weighted by Gasteiger charge is 2.47. The molecular weight excluding hydrogens is 332 g/mol. The molecule has 1 rings (SSSR count). The molecule has 7 N–H and O–H groups in total. The monoisotopic (exact) mass is 356 g/mol. The van der Waals surface area contributed by atoms with E-state index in [0.29, 0.717) is 0 Å². The summed E-state index contributed by atoms with van der Waals surface area (Å²) in [5.74, 6) is 0. The highest BCUT2D eigenvalue weighted by molar-refractivity contribution is 5.56. The number of aldehydes is 1. The van der Waals surface area contributed by atoms with Crippen LogP contribution in [0, 0.1) is 0 Å². The fraction of sp³-hybridized carbons (Fsp3) is 0.923. The maximum Gasteiger partial charge on any atom is 0.187 e. The van der Waals surface area contributed by atoms with Crippen molar-refractivity contribution in [2.45, 2.75) is 55.1 Å². The molecule has 11 nitrogen and oxygen atoms in total. The molecule has 0 saturated carbocycles. The minimum Gasteiger partial charge on any atom is -0.394 e. The van der Waals surface area contributed by atoms with Gasteiger partial charge in [-0.15, -0.1) is 0 Å². The summed E-state index contributed by atoms with van der Waals surface area (Å²) in [6.45, 7) is -1.53. The van der Waals surface area contributed by atoms with Gasteiger partial charge in [0.25, 0.3) is 0 Å². The SMILES string of the molecule is CO[C@@H]1[C@@H](O[C@@H]([C@H](O)[C@@H](O)C=O)[C@H](O)CO)O[C@@H](CO)[C@H](O)[C@H]1O. The second kappa shape index (κ2) is 9.68. The van der Waals surface area contributed by atoms with E-state index >= 15 is 0 Å². The largest absolute Gasteiger partial charge is 0.394 e. The fourth-order valence-electron chi connectivity index (χ4n) is 2.35. The predicted octanol–water partition coefficient (Wildman–Crippen LogP) is -4.90. The Bertz CT molecular complexity index is 381. The fourth-order valence-corrected chi connectivity index (χ4v) is 2.35. The van der Waals surface area contributed by atoms with Crippen LogP contribution in [0.5, 0.6) is 0 Å². The summed E-state index contributed by atoms with van der Waals surface area (Å²) in [5.41, 5.74) is 0. The molecule has 142 valence electrons. The number of hydrogen-bond donors (Lipinski definition) is 7. The van der Waals surface area contributed by atoms with Crippen LogP contribution in [0.4, 0.5) is 0 Å². The highest BCUT2D eigenvalue weighted by atomic mass is 16.7. The lowest BCUT2D eigenvalue weighted by Gasteiger charge is -2.43. The quantitative estimate of drug-likeness (QED) is 0.196. The van der Waals surface area contributed by atoms with Crippen molar-refractivity contribution in [1.29, 1.82) is 0 Å². The van der Waals surface area contributed by atoms with Gasteiger partial charge in [-0.1, -0.05) is 0 Å². The Labute approximate surface area is 137 Å². The van der Waals surface area contributed by atoms with E-state index in [1.54, 1.807) is 0 Å². The van der Waals surface area contributed by atoms with Gasteiger partial charge in [0.2, 0.25) is 0 Å². The van der Waals surface area contributed by atoms with E-state index in [2.05, 4.69) is 0 Å². The van der Waals surface area contributed by atoms with Gasteiger partial charge >= 0.3 is 0 Å². The zero-order chi connectivity index (χ0) is 18.4. The molecule has 1 heterocycles. The molecule has 0 radical (unpaired) electrons. The van der Waals surface area contributed by atoms with Gasteiger partial charge in [0.15, 0.2) is 12.6 Å². The van der Waals surface area contributed by atoms with Crippen molar-refractivity contribution in [3.63, 3.8) is 0 Å². The van der Waals surface area contributed by atoms with Crippen molar-refractivity contribution in [2.24, 2.45) is 0 Å². The Morgan fingerprint density at radius 3 is 2.25 bits per heavy atom. The van der Waals surface area contributed by atoms with Gasteiger partial charge in [0.1, 0.15) is 48.8 Å². The molecule has 11 heteroatoms. The first-order valence-corrected chi connectivity index (χ1v) is 7.23. The number of carbonyl (C=O) groups excluding carboxylic acids is 1. The summed E-state index contributed by atoms with van der Waals surface area (Å²) >= 11 is 0. The van der Waals surface area contributed by atoms with Crippen molar-refractivity contribution < 1.29 is 54.8 Å². The summed E-state index contributed by atoms with van der Waals surface area (Å²) < 4.78 is 15.5. The van der Waals surface area contributed by atoms with E-state index in [-0.39, 0.29) is 6.29 Å². The van der Waals surface area contributed by atoms with E-state index in [1.165, 1.54) is 7.11 Å². The van der Waals surface area contributed by atoms with Crippen LogP contribution in [-0.2, 0) is 19.0 Å². The number of ether oxygens (including phenoxy) is 3. The van der Waals surface area contributed by atoms with E-state index < -0.39 is 68.3 Å². The first-order chi connectivity index (χ1) is 11.3. The van der Waals surface area contributed by atoms with Crippen molar-refractivity contribution in [3.05, 3.63) is 0 Å². The van der Waals surface area contributed by atoms with E-state index in [0.717, 1.165) is 0 Å². The van der Waals surface area contributed by atoms with Gasteiger partial charge in [0.05, 0.1) is 13.2 Å². The van der Waals surface area contributed by atoms with Crippen LogP contribution in [0.3, 0.4) is 0 Å². The van der Waals surface area contributed by atoms with Gasteiger partial charge in [-0.2, -0.15) is 0 Å². The Kier molecular flexibility index (Phi) is 8.59. The van der Waals surface area contributed by atoms with Crippen LogP contribution >= 0.6 is 0 Å². The second-order valence-electron chi connectivity index (χ2n) is 5.37. The van der Waals surface area contributed by atoms with Crippen molar-refractivity contribution in [1.82, 2.24) is 0 Å². The lowest BCUT2D eigenvalue weighted by atomic mass is 9.98. The van der Waals surface area contributed by atoms with E-state index in [4.69, 9.17) is 24.4 Å². The Balaban J connectivity index is 2.98. The minimum absolute atomic E-state index is 0.00970. The molecule has 1 saturated heterocycles. The Morgan fingerprint density at radius 1 is 1.17 bits per heavy atom. The molecule has 9 atom stereocenters. The molecule has 0 spiro atoms. The molecule has 1 aliphatic heterocycles. The van der Waals surface area contributed by atoms with Crippen LogP contribution in [-0.4, -0.2) is 117 Å². The molecule has 0 bridgehead atoms. The van der Waals surface area contributed by atoms with Crippen LogP contribution in [0.15, 0.2) is 0 Å². The lowest BCUT2D eigenvalue weighted by Crippen LogP contribution is -2.62. The lowest BCUT2D eigenvalue weighted by molar-refractivity contribution is -0.330. The van der Waals surface area contributed by atoms with Crippen molar-refractivity contribution in [3.8, 4) is 0 Å². The standard InChI is InChI=1S/C13H24O11/c1-22-12-10(21)9(20)7(4-16)23-13(12)24-11(6(18)3-15)8(19)5(17)2-14/h2,5-13,15-21H,3-4H2,1H3/t5-,6+,7-,8+,9-,10+,11+,12-,13+/m0/s1. The number of rotatable bonds is 9. The van der Waals surface area contributed by atoms with Crippen LogP contribution < -0.4 is 0 Å². The highest BCUT2D eigenvalue weighted by Crippen LogP contribution is 2.26. The molecule has 0 unspecified atom stereocenters. The van der Waals surface area contributed by atoms with E-state index in [1.807, 2.05) is 0 Å². The van der Waals surface area contributed by atoms with Crippen LogP contribution in [0.1, 0.15) is 0 Å². The predicted molar refractivity (Wildman–Crippen MR) is 74.6 cm³/mol. The first kappa shape index (κ1) is 21.3. The number of aliphatic hydroxyl groups is 7. The second-order valence-corrected chi connectivity index (χ2v) is 5.37. The maximum absolute atomic E-state index is 10.6. The molecule has 1 fully saturated rings. The van der Waals surface area contributed by atoms with E-state index in [9.17, 15) is 30.3 Å². The number of methoxy groups -OCH3 is 1. The summed E-state index contributed by atoms with van der Waals surface area (Å²) in [5, 5.41) is 67.0. The summed E-state index contributed by atoms with van der Waals surface area (Å²) in [6.07, 6.45) is -14.2. The van der Waals surface area contributed by atoms with Crippen LogP contribution in [0.2, 0.25) is 0 Å². The summed E-state index contributed by atoms with van der Waals surface area (Å²) in [4.78, 5) is 10.6. The first-order valence-electron chi connectivity index (χ1n) is 7.23. The smallest absolute Gasteiger partial charge is 0.187 e. The molecule has 0 aromatic heterocycles. The molecule has 0 aromatic carbocycles. The van der Waals surface area contributed by atoms with Gasteiger partial charge in [0, 0.05) is 7.11 Å². The van der Waals surface area contributed by atoms with Gasteiger partial charge in [-0.3, -0.25) is 0 Å². The number of aliphatic hydroxyl groups excluding tert-OH is 7. The third kappa shape index (κ3) is 4.67. The minimum atomic E-state index is -1.91. The van der Waals surface area contributed by atoms with Gasteiger partial charge in [-0.25, -0.2) is 0 Å². The molecule has 0 aromatic rings. The maximum atomic E-state index is 10.6. The molecule has 1 aliphatic rings. The topological polar surface area (TPSA) is 186 Å². The molecule has 0 amide bonds. The Morgan fingerprint density at radius 2 is 1.79 bits per heavy atom. The third-order valence-electron chi connectivity index (χ3n) is 3.78. The third-order valence-corrected chi connectivity index (χ3v) is 3.78. The summed E-state index contributed by atoms with van der Waals surface area (Å²) in [7, 11) is 1.17. The average molecular weight is 356 g/mol. The zero-order valence-electron chi connectivity index (χ0n) is 13.0. The van der Waals surface area contributed by atoms with Gasteiger partial charge in [-0.05, 0) is 0 Å². The normalized spacial score (nSPS) is 35.9. The number of hydrogen-bond acceptors (Lipinski definition) is 11. The molecule has 24 heavy (non-hydrogen) atoms. The van der Waals surface area contributed by atoms with Gasteiger partial charge < -0.3 is 54.8 Å². The van der Waals surface area contributed by atoms with Crippen molar-refractivity contribution >= 4 is 6.29 Å². The number of carbonyl (C=O) groups is 1. The zero-order valence-corrected chi connectivity index (χ0v) is 13.0.